The van der Waals surface area contributed by atoms with Gasteiger partial charge in [-0.1, -0.05) is 121 Å². The van der Waals surface area contributed by atoms with Crippen molar-refractivity contribution in [2.75, 3.05) is 12.7 Å². The maximum atomic E-state index is 14.7. The van der Waals surface area contributed by atoms with E-state index in [1.807, 2.05) is 12.1 Å². The summed E-state index contributed by atoms with van der Waals surface area (Å²) in [5.41, 5.74) is 2.35. The van der Waals surface area contributed by atoms with Crippen molar-refractivity contribution < 1.29 is 4.57 Å². The van der Waals surface area contributed by atoms with Crippen molar-refractivity contribution in [3.05, 3.63) is 132 Å². The lowest BCUT2D eigenvalue weighted by Gasteiger charge is -2.26. The first-order chi connectivity index (χ1) is 17.2. The second-order valence-electron chi connectivity index (χ2n) is 9.55. The number of rotatable bonds is 9. The average molecular weight is 498 g/mol. The Morgan fingerprint density at radius 3 is 1.54 bits per heavy atom. The molecule has 2 unspecified atom stereocenters. The molecule has 35 heavy (non-hydrogen) atoms. The Hall–Kier alpha value is -2.50. The van der Waals surface area contributed by atoms with Gasteiger partial charge in [0.15, 0.2) is 0 Å². The van der Waals surface area contributed by atoms with Crippen molar-refractivity contribution in [2.45, 2.75) is 24.5 Å². The summed E-state index contributed by atoms with van der Waals surface area (Å²) in [5.74, 6) is 0.586. The van der Waals surface area contributed by atoms with Gasteiger partial charge in [0.05, 0.1) is 5.78 Å². The molecule has 1 N–H and O–H groups in total. The molecule has 0 aromatic heterocycles. The molecule has 2 nitrogen and oxygen atoms in total. The Balaban J connectivity index is 1.37. The average Bonchev–Trinajstić information content (AvgIpc) is 3.39. The highest BCUT2D eigenvalue weighted by Gasteiger charge is 2.39. The van der Waals surface area contributed by atoms with Gasteiger partial charge in [0.2, 0.25) is 0 Å². The van der Waals surface area contributed by atoms with Crippen molar-refractivity contribution in [2.24, 2.45) is 5.92 Å². The van der Waals surface area contributed by atoms with Crippen LogP contribution in [0.4, 0.5) is 0 Å². The minimum atomic E-state index is -2.54. The molecule has 0 saturated carbocycles. The van der Waals surface area contributed by atoms with Crippen LogP contribution in [-0.2, 0) is 16.9 Å². The summed E-state index contributed by atoms with van der Waals surface area (Å²) >= 11 is 0. The van der Waals surface area contributed by atoms with E-state index in [0.717, 1.165) is 19.1 Å². The Bertz CT molecular complexity index is 1150. The lowest BCUT2D eigenvalue weighted by Crippen LogP contribution is -2.23. The van der Waals surface area contributed by atoms with Crippen LogP contribution in [-0.4, -0.2) is 18.5 Å². The van der Waals surface area contributed by atoms with E-state index in [0.29, 0.717) is 18.2 Å². The summed E-state index contributed by atoms with van der Waals surface area (Å²) in [5, 5.41) is 6.59. The molecule has 5 rings (SSSR count). The second kappa shape index (κ2) is 11.5. The molecule has 1 saturated heterocycles. The molecule has 1 heterocycles. The van der Waals surface area contributed by atoms with Crippen LogP contribution < -0.4 is 15.9 Å². The van der Waals surface area contributed by atoms with E-state index in [-0.39, 0.29) is 5.78 Å². The van der Waals surface area contributed by atoms with Crippen molar-refractivity contribution in [1.82, 2.24) is 5.32 Å². The highest BCUT2D eigenvalue weighted by molar-refractivity contribution is 7.73. The number of nitrogens with one attached hydrogen (secondary N) is 1. The third-order valence-corrected chi connectivity index (χ3v) is 13.0. The molecule has 4 heteroatoms. The van der Waals surface area contributed by atoms with Gasteiger partial charge in [-0.15, -0.1) is 0 Å². The van der Waals surface area contributed by atoms with Crippen LogP contribution in [0.5, 0.6) is 0 Å². The number of hydrogen-bond donors (Lipinski definition) is 1. The zero-order valence-electron chi connectivity index (χ0n) is 20.0. The fourth-order valence-corrected chi connectivity index (χ4v) is 11.1. The fraction of sp³-hybridized carbons (Fsp3) is 0.226. The van der Waals surface area contributed by atoms with Gasteiger partial charge in [-0.2, -0.15) is 0 Å². The predicted octanol–water partition coefficient (Wildman–Crippen LogP) is 6.82. The van der Waals surface area contributed by atoms with Crippen LogP contribution >= 0.6 is 15.1 Å². The molecule has 4 aromatic carbocycles. The Morgan fingerprint density at radius 1 is 0.657 bits per heavy atom. The molecular formula is C31H33NOP2. The third kappa shape index (κ3) is 6.20. The molecule has 2 atom stereocenters. The van der Waals surface area contributed by atoms with Crippen LogP contribution in [0.3, 0.4) is 0 Å². The number of benzene rings is 4. The lowest BCUT2D eigenvalue weighted by atomic mass is 10.2. The molecule has 0 bridgehead atoms. The van der Waals surface area contributed by atoms with Crippen LogP contribution in [0.2, 0.25) is 0 Å². The maximum absolute atomic E-state index is 14.7. The minimum absolute atomic E-state index is 0.0660. The van der Waals surface area contributed by atoms with Crippen LogP contribution in [0, 0.1) is 5.92 Å². The Kier molecular flexibility index (Phi) is 7.95. The molecular weight excluding hydrogens is 464 g/mol. The molecule has 0 radical (unpaired) electrons. The van der Waals surface area contributed by atoms with Crippen molar-refractivity contribution in [3.63, 3.8) is 0 Å². The molecule has 4 aromatic rings. The van der Waals surface area contributed by atoms with Gasteiger partial charge >= 0.3 is 0 Å². The molecule has 178 valence electrons. The zero-order valence-corrected chi connectivity index (χ0v) is 21.8. The zero-order chi connectivity index (χ0) is 23.9. The van der Waals surface area contributed by atoms with Gasteiger partial charge < -0.3 is 9.88 Å². The Morgan fingerprint density at radius 2 is 1.09 bits per heavy atom. The van der Waals surface area contributed by atoms with Crippen LogP contribution in [0.1, 0.15) is 17.5 Å². The molecule has 1 aliphatic rings. The van der Waals surface area contributed by atoms with E-state index in [4.69, 9.17) is 0 Å². The van der Waals surface area contributed by atoms with E-state index in [1.54, 1.807) is 0 Å². The van der Waals surface area contributed by atoms with Gasteiger partial charge in [0, 0.05) is 12.3 Å². The van der Waals surface area contributed by atoms with E-state index in [9.17, 15) is 4.57 Å². The maximum Gasteiger partial charge on any atom is 0.112 e. The molecule has 1 aliphatic heterocycles. The molecule has 1 fully saturated rings. The predicted molar refractivity (Wildman–Crippen MR) is 152 cm³/mol. The van der Waals surface area contributed by atoms with Crippen LogP contribution in [0.15, 0.2) is 121 Å². The molecule has 0 aliphatic carbocycles. The van der Waals surface area contributed by atoms with Crippen molar-refractivity contribution in [1.29, 1.82) is 0 Å². The van der Waals surface area contributed by atoms with Crippen LogP contribution in [0.25, 0.3) is 0 Å². The standard InChI is InChI=1S/C31H33NOP2/c33-35(24-26-13-5-1-6-14-26,25-27-15-7-2-8-16-27)31-21-28(22-32-31)23-34(29-17-9-3-10-18-29)30-19-11-4-12-20-30/h1-20,28,31-32H,21-25H2. The fourth-order valence-electron chi connectivity index (χ4n) is 5.18. The summed E-state index contributed by atoms with van der Waals surface area (Å²) < 4.78 is 14.7. The highest BCUT2D eigenvalue weighted by Crippen LogP contribution is 2.59. The minimum Gasteiger partial charge on any atom is -0.321 e. The molecule has 0 amide bonds. The highest BCUT2D eigenvalue weighted by atomic mass is 31.2. The first-order valence-corrected chi connectivity index (χ1v) is 16.1. The summed E-state index contributed by atoms with van der Waals surface area (Å²) in [6, 6.07) is 42.6. The van der Waals surface area contributed by atoms with Crippen molar-refractivity contribution in [3.8, 4) is 0 Å². The summed E-state index contributed by atoms with van der Waals surface area (Å²) in [4.78, 5) is 0. The largest absolute Gasteiger partial charge is 0.321 e. The monoisotopic (exact) mass is 497 g/mol. The smallest absolute Gasteiger partial charge is 0.112 e. The summed E-state index contributed by atoms with van der Waals surface area (Å²) in [6.45, 7) is 0.941. The first-order valence-electron chi connectivity index (χ1n) is 12.5. The SMILES string of the molecule is O=P(Cc1ccccc1)(Cc1ccccc1)C1CC(CP(c2ccccc2)c2ccccc2)CN1. The van der Waals surface area contributed by atoms with Gasteiger partial charge in [-0.3, -0.25) is 0 Å². The summed E-state index contributed by atoms with van der Waals surface area (Å²) in [6.07, 6.45) is 3.41. The third-order valence-electron chi connectivity index (χ3n) is 6.93. The first kappa shape index (κ1) is 24.2. The van der Waals surface area contributed by atoms with Crippen molar-refractivity contribution >= 4 is 25.7 Å². The lowest BCUT2D eigenvalue weighted by molar-refractivity contribution is 0.552. The van der Waals surface area contributed by atoms with Gasteiger partial charge in [-0.25, -0.2) is 0 Å². The topological polar surface area (TPSA) is 29.1 Å². The Labute approximate surface area is 210 Å². The van der Waals surface area contributed by atoms with E-state index in [1.165, 1.54) is 21.7 Å². The van der Waals surface area contributed by atoms with E-state index in [2.05, 4.69) is 115 Å². The molecule has 0 spiro atoms. The summed E-state index contributed by atoms with van der Waals surface area (Å²) in [7, 11) is -2.98. The number of hydrogen-bond acceptors (Lipinski definition) is 2. The second-order valence-corrected chi connectivity index (χ2v) is 15.0. The van der Waals surface area contributed by atoms with Gasteiger partial charge in [-0.05, 0) is 54.7 Å². The normalized spacial score (nSPS) is 18.1. The van der Waals surface area contributed by atoms with Gasteiger partial charge in [0.1, 0.15) is 7.14 Å². The van der Waals surface area contributed by atoms with E-state index < -0.39 is 15.1 Å². The van der Waals surface area contributed by atoms with Gasteiger partial charge in [0.25, 0.3) is 0 Å². The van der Waals surface area contributed by atoms with E-state index >= 15 is 0 Å². The quantitative estimate of drug-likeness (QED) is 0.257.